The standard InChI is InChI=1S/C24H23BrFNO4.C24H23F2NO4/c2*1-29-20-9-11-22(30-2)17(14-20)16-27(24(28)12-13-25)21-15-18(26)8-10-23(21)31-19-6-4-3-5-7-19/h2*3-11,14-15H,12-13,16H2,1-2H3/i;25-1. The predicted octanol–water partition coefficient (Wildman–Crippen LogP) is 11.5. The van der Waals surface area contributed by atoms with Gasteiger partial charge in [-0.25, -0.2) is 8.78 Å². The van der Waals surface area contributed by atoms with E-state index in [0.29, 0.717) is 56.8 Å². The lowest BCUT2D eigenvalue weighted by Gasteiger charge is -2.26. The fourth-order valence-electron chi connectivity index (χ4n) is 6.21. The number of carbonyl (C=O) groups is 2. The molecule has 0 aliphatic heterocycles. The zero-order valence-electron chi connectivity index (χ0n) is 34.6. The largest absolute Gasteiger partial charge is 0.497 e. The number of alkyl halides is 2. The first kappa shape index (κ1) is 46.4. The average Bonchev–Trinajstić information content (AvgIpc) is 3.29. The van der Waals surface area contributed by atoms with E-state index in [2.05, 4.69) is 15.9 Å². The van der Waals surface area contributed by atoms with Crippen LogP contribution in [0, 0.1) is 11.6 Å². The molecule has 10 nitrogen and oxygen atoms in total. The summed E-state index contributed by atoms with van der Waals surface area (Å²) in [5, 5.41) is 0.474. The number of hydrogen-bond acceptors (Lipinski definition) is 8. The van der Waals surface area contributed by atoms with E-state index < -0.39 is 24.2 Å². The minimum atomic E-state index is -0.839. The van der Waals surface area contributed by atoms with Crippen molar-refractivity contribution in [3.63, 3.8) is 0 Å². The summed E-state index contributed by atoms with van der Waals surface area (Å²) in [7, 11) is 6.15. The number of carbonyl (C=O) groups excluding carboxylic acids is 2. The molecule has 14 heteroatoms. The topological polar surface area (TPSA) is 96.0 Å². The molecule has 6 aromatic carbocycles. The second-order valence-corrected chi connectivity index (χ2v) is 14.0. The Morgan fingerprint density at radius 2 is 0.903 bits per heavy atom. The Labute approximate surface area is 367 Å². The molecule has 0 unspecified atom stereocenters. The second kappa shape index (κ2) is 23.4. The molecule has 0 fully saturated rings. The lowest BCUT2D eigenvalue weighted by atomic mass is 10.1. The van der Waals surface area contributed by atoms with E-state index in [9.17, 15) is 22.8 Å². The maximum Gasteiger partial charge on any atom is 0.230 e. The van der Waals surface area contributed by atoms with Gasteiger partial charge in [0.15, 0.2) is 11.5 Å². The molecule has 0 saturated carbocycles. The van der Waals surface area contributed by atoms with E-state index in [1.165, 1.54) is 60.4 Å². The van der Waals surface area contributed by atoms with Crippen LogP contribution in [0.3, 0.4) is 0 Å². The molecule has 324 valence electrons. The van der Waals surface area contributed by atoms with Crippen LogP contribution in [0.4, 0.5) is 24.5 Å². The molecule has 6 aromatic rings. The first-order chi connectivity index (χ1) is 30.1. The van der Waals surface area contributed by atoms with Crippen molar-refractivity contribution in [2.45, 2.75) is 25.9 Å². The molecule has 0 radical (unpaired) electrons. The molecule has 0 aliphatic carbocycles. The Morgan fingerprint density at radius 1 is 0.500 bits per heavy atom. The Hall–Kier alpha value is -6.67. The molecule has 6 rings (SSSR count). The van der Waals surface area contributed by atoms with Gasteiger partial charge in [0, 0.05) is 35.0 Å². The van der Waals surface area contributed by atoms with Crippen molar-refractivity contribution < 1.29 is 51.2 Å². The number of hydrogen-bond donors (Lipinski definition) is 0. The monoisotopic (exact) mass is 913 g/mol. The number of halogens is 4. The highest BCUT2D eigenvalue weighted by Crippen LogP contribution is 2.38. The number of nitrogens with zero attached hydrogens (tertiary/aromatic N) is 2. The highest BCUT2D eigenvalue weighted by Gasteiger charge is 2.25. The maximum absolute atomic E-state index is 14.3. The number of anilines is 2. The third-order valence-corrected chi connectivity index (χ3v) is 9.61. The number of rotatable bonds is 18. The summed E-state index contributed by atoms with van der Waals surface area (Å²) >= 11 is 3.32. The van der Waals surface area contributed by atoms with Gasteiger partial charge in [0.05, 0.1) is 66.0 Å². The van der Waals surface area contributed by atoms with E-state index in [1.54, 1.807) is 87.0 Å². The van der Waals surface area contributed by atoms with E-state index in [1.807, 2.05) is 24.3 Å². The molecule has 0 spiro atoms. The molecular weight excluding hydrogens is 868 g/mol. The van der Waals surface area contributed by atoms with Gasteiger partial charge in [0.2, 0.25) is 11.8 Å². The van der Waals surface area contributed by atoms with Gasteiger partial charge in [-0.2, -0.15) is 0 Å². The van der Waals surface area contributed by atoms with Crippen molar-refractivity contribution in [1.29, 1.82) is 0 Å². The first-order valence-electron chi connectivity index (χ1n) is 19.3. The Kier molecular flexibility index (Phi) is 17.5. The lowest BCUT2D eigenvalue weighted by molar-refractivity contribution is -0.119. The van der Waals surface area contributed by atoms with Gasteiger partial charge in [0.25, 0.3) is 0 Å². The van der Waals surface area contributed by atoms with E-state index in [-0.39, 0.29) is 43.3 Å². The third kappa shape index (κ3) is 12.7. The molecule has 0 bridgehead atoms. The number of amides is 2. The molecule has 0 heterocycles. The fourth-order valence-corrected chi connectivity index (χ4v) is 6.54. The zero-order valence-corrected chi connectivity index (χ0v) is 36.2. The summed E-state index contributed by atoms with van der Waals surface area (Å²) in [4.78, 5) is 28.7. The quantitative estimate of drug-likeness (QED) is 0.0787. The van der Waals surface area contributed by atoms with Crippen LogP contribution in [-0.2, 0) is 22.7 Å². The van der Waals surface area contributed by atoms with Gasteiger partial charge in [-0.1, -0.05) is 52.3 Å². The summed E-state index contributed by atoms with van der Waals surface area (Å²) < 4.78 is 74.8. The van der Waals surface area contributed by atoms with Gasteiger partial charge >= 0.3 is 0 Å². The highest BCUT2D eigenvalue weighted by atomic mass is 79.9. The van der Waals surface area contributed by atoms with Crippen LogP contribution < -0.4 is 38.2 Å². The van der Waals surface area contributed by atoms with Gasteiger partial charge in [-0.05, 0) is 84.9 Å². The van der Waals surface area contributed by atoms with Crippen LogP contribution in [0.5, 0.6) is 46.0 Å². The summed E-state index contributed by atoms with van der Waals surface area (Å²) in [6, 6.07) is 36.6. The highest BCUT2D eigenvalue weighted by molar-refractivity contribution is 9.09. The molecule has 0 atom stereocenters. The van der Waals surface area contributed by atoms with E-state index >= 15 is 0 Å². The van der Waals surface area contributed by atoms with Crippen molar-refractivity contribution in [1.82, 2.24) is 0 Å². The summed E-state index contributed by atoms with van der Waals surface area (Å²) in [5.74, 6) is 2.32. The van der Waals surface area contributed by atoms with Crippen LogP contribution in [0.15, 0.2) is 133 Å². The summed E-state index contributed by atoms with van der Waals surface area (Å²) in [6.07, 6.45) is -0.124. The summed E-state index contributed by atoms with van der Waals surface area (Å²) in [6.45, 7) is -0.677. The Bertz CT molecular complexity index is 2220. The van der Waals surface area contributed by atoms with Crippen molar-refractivity contribution >= 4 is 39.1 Å². The van der Waals surface area contributed by atoms with E-state index in [4.69, 9.17) is 28.4 Å². The lowest BCUT2D eigenvalue weighted by Crippen LogP contribution is -2.31. The zero-order chi connectivity index (χ0) is 44.4. The molecule has 0 aromatic heterocycles. The minimum absolute atomic E-state index is 0.00775. The predicted molar refractivity (Wildman–Crippen MR) is 236 cm³/mol. The van der Waals surface area contributed by atoms with E-state index in [0.717, 1.165) is 5.56 Å². The fraction of sp³-hybridized carbons (Fsp3) is 0.208. The molecule has 0 N–H and O–H groups in total. The van der Waals surface area contributed by atoms with Crippen molar-refractivity contribution in [3.8, 4) is 46.0 Å². The van der Waals surface area contributed by atoms with Crippen LogP contribution in [-0.4, -0.2) is 52.3 Å². The first-order valence-corrected chi connectivity index (χ1v) is 20.4. The van der Waals surface area contributed by atoms with Gasteiger partial charge in [0.1, 0.15) is 46.1 Å². The van der Waals surface area contributed by atoms with Crippen molar-refractivity contribution in [2.75, 3.05) is 50.2 Å². The van der Waals surface area contributed by atoms with Crippen molar-refractivity contribution in [3.05, 3.63) is 156 Å². The van der Waals surface area contributed by atoms with Crippen LogP contribution in [0.2, 0.25) is 0 Å². The number of ether oxygens (including phenoxy) is 6. The van der Waals surface area contributed by atoms with Crippen LogP contribution in [0.25, 0.3) is 0 Å². The third-order valence-electron chi connectivity index (χ3n) is 9.22. The molecule has 0 aliphatic rings. The molecule has 2 amide bonds. The number of para-hydroxylation sites is 2. The van der Waals surface area contributed by atoms with Gasteiger partial charge < -0.3 is 38.2 Å². The SMILES string of the molecule is COc1ccc(OC)c(CN(C(=O)CCBr)c2cc(F)ccc2Oc2ccccc2)c1.COc1ccc(OC)c(CN(C(=O)CC[18F])c2cc(F)ccc2Oc2ccccc2)c1. The van der Waals surface area contributed by atoms with Gasteiger partial charge in [-0.15, -0.1) is 0 Å². The maximum atomic E-state index is 14.3. The van der Waals surface area contributed by atoms with Crippen LogP contribution >= 0.6 is 15.9 Å². The minimum Gasteiger partial charge on any atom is -0.497 e. The van der Waals surface area contributed by atoms with Crippen LogP contribution in [0.1, 0.15) is 24.0 Å². The second-order valence-electron chi connectivity index (χ2n) is 13.2. The van der Waals surface area contributed by atoms with Crippen molar-refractivity contribution in [2.24, 2.45) is 0 Å². The smallest absolute Gasteiger partial charge is 0.230 e. The molecular formula is C48H46BrF3N2O8. The molecule has 62 heavy (non-hydrogen) atoms. The average molecular weight is 915 g/mol. The number of benzene rings is 6. The molecule has 0 saturated heterocycles. The Balaban J connectivity index is 0.000000234. The Morgan fingerprint density at radius 3 is 1.27 bits per heavy atom. The summed E-state index contributed by atoms with van der Waals surface area (Å²) in [5.41, 5.74) is 1.86. The normalized spacial score (nSPS) is 10.5. The number of methoxy groups -OCH3 is 4. The van der Waals surface area contributed by atoms with Gasteiger partial charge in [-0.3, -0.25) is 14.0 Å².